The molecule has 2 unspecified atom stereocenters. The molecule has 21 heavy (non-hydrogen) atoms. The molecule has 1 aromatic rings. The van der Waals surface area contributed by atoms with Gasteiger partial charge in [0.25, 0.3) is 5.91 Å². The van der Waals surface area contributed by atoms with Crippen LogP contribution in [0.5, 0.6) is 0 Å². The van der Waals surface area contributed by atoms with E-state index in [-0.39, 0.29) is 5.91 Å². The van der Waals surface area contributed by atoms with E-state index in [4.69, 9.17) is 11.5 Å². The maximum atomic E-state index is 12.7. The van der Waals surface area contributed by atoms with Gasteiger partial charge in [0.05, 0.1) is 0 Å². The van der Waals surface area contributed by atoms with Gasteiger partial charge in [-0.15, -0.1) is 0 Å². The summed E-state index contributed by atoms with van der Waals surface area (Å²) in [6, 6.07) is 5.75. The van der Waals surface area contributed by atoms with Gasteiger partial charge in [0.15, 0.2) is 0 Å². The minimum absolute atomic E-state index is 0.0562. The molecule has 1 amide bonds. The predicted molar refractivity (Wildman–Crippen MR) is 84.9 cm³/mol. The number of hydrogen-bond acceptors (Lipinski definition) is 4. The quantitative estimate of drug-likeness (QED) is 0.766. The summed E-state index contributed by atoms with van der Waals surface area (Å²) in [6.07, 6.45) is 3.51. The van der Waals surface area contributed by atoms with Crippen molar-refractivity contribution in [1.29, 1.82) is 0 Å². The van der Waals surface area contributed by atoms with Crippen LogP contribution in [0.2, 0.25) is 0 Å². The standard InChI is InChI=1S/C16H24N4O/c1-19-5-2-3-11-10-20(6-4-15(11)19)16(21)12-7-13(17)9-14(18)8-12/h7-9,11,15H,2-6,10,17-18H2,1H3. The first-order chi connectivity index (χ1) is 10.0. The molecule has 1 aromatic carbocycles. The lowest BCUT2D eigenvalue weighted by Gasteiger charge is -2.46. The number of hydrogen-bond donors (Lipinski definition) is 2. The molecule has 3 rings (SSSR count). The first-order valence-electron chi connectivity index (χ1n) is 7.70. The van der Waals surface area contributed by atoms with E-state index in [1.54, 1.807) is 18.2 Å². The number of benzene rings is 1. The Hall–Kier alpha value is -1.75. The maximum Gasteiger partial charge on any atom is 0.254 e. The number of likely N-dealkylation sites (tertiary alicyclic amines) is 2. The van der Waals surface area contributed by atoms with E-state index in [9.17, 15) is 4.79 Å². The van der Waals surface area contributed by atoms with Crippen LogP contribution in [0.15, 0.2) is 18.2 Å². The van der Waals surface area contributed by atoms with E-state index < -0.39 is 0 Å². The van der Waals surface area contributed by atoms with E-state index >= 15 is 0 Å². The van der Waals surface area contributed by atoms with Crippen LogP contribution in [0.3, 0.4) is 0 Å². The van der Waals surface area contributed by atoms with Gasteiger partial charge in [-0.2, -0.15) is 0 Å². The Morgan fingerprint density at radius 3 is 2.57 bits per heavy atom. The van der Waals surface area contributed by atoms with Crippen LogP contribution in [0, 0.1) is 5.92 Å². The molecule has 0 bridgehead atoms. The molecule has 5 heteroatoms. The molecule has 5 nitrogen and oxygen atoms in total. The van der Waals surface area contributed by atoms with Crippen LogP contribution < -0.4 is 11.5 Å². The topological polar surface area (TPSA) is 75.6 Å². The number of amides is 1. The summed E-state index contributed by atoms with van der Waals surface area (Å²) in [6.45, 7) is 2.85. The number of rotatable bonds is 1. The third kappa shape index (κ3) is 2.83. The van der Waals surface area contributed by atoms with Gasteiger partial charge < -0.3 is 21.3 Å². The largest absolute Gasteiger partial charge is 0.399 e. The molecular weight excluding hydrogens is 264 g/mol. The summed E-state index contributed by atoms with van der Waals surface area (Å²) in [5.74, 6) is 0.653. The van der Waals surface area contributed by atoms with Crippen LogP contribution in [-0.2, 0) is 0 Å². The molecule has 2 fully saturated rings. The molecule has 0 radical (unpaired) electrons. The zero-order chi connectivity index (χ0) is 15.0. The normalized spacial score (nSPS) is 26.4. The summed E-state index contributed by atoms with van der Waals surface area (Å²) in [4.78, 5) is 17.1. The lowest BCUT2D eigenvalue weighted by molar-refractivity contribution is 0.0317. The Morgan fingerprint density at radius 2 is 1.86 bits per heavy atom. The van der Waals surface area contributed by atoms with Gasteiger partial charge in [-0.25, -0.2) is 0 Å². The highest BCUT2D eigenvalue weighted by atomic mass is 16.2. The third-order valence-electron chi connectivity index (χ3n) is 4.86. The molecular formula is C16H24N4O. The highest BCUT2D eigenvalue weighted by Crippen LogP contribution is 2.30. The zero-order valence-electron chi connectivity index (χ0n) is 12.6. The number of piperidine rings is 2. The minimum Gasteiger partial charge on any atom is -0.399 e. The predicted octanol–water partition coefficient (Wildman–Crippen LogP) is 1.41. The average molecular weight is 288 g/mol. The Bertz CT molecular complexity index is 525. The number of nitrogens with zero attached hydrogens (tertiary/aromatic N) is 2. The smallest absolute Gasteiger partial charge is 0.254 e. The first kappa shape index (κ1) is 14.2. The van der Waals surface area contributed by atoms with E-state index in [0.29, 0.717) is 28.9 Å². The molecule has 0 aliphatic carbocycles. The SMILES string of the molecule is CN1CCCC2CN(C(=O)c3cc(N)cc(N)c3)CCC21. The zero-order valence-corrected chi connectivity index (χ0v) is 12.6. The third-order valence-corrected chi connectivity index (χ3v) is 4.86. The van der Waals surface area contributed by atoms with Gasteiger partial charge in [0.2, 0.25) is 0 Å². The van der Waals surface area contributed by atoms with Crippen LogP contribution in [-0.4, -0.2) is 48.4 Å². The van der Waals surface area contributed by atoms with Crippen molar-refractivity contribution in [3.63, 3.8) is 0 Å². The second-order valence-corrected chi connectivity index (χ2v) is 6.38. The Balaban J connectivity index is 1.74. The highest BCUT2D eigenvalue weighted by molar-refractivity contribution is 5.96. The number of anilines is 2. The Kier molecular flexibility index (Phi) is 3.76. The molecule has 0 spiro atoms. The number of nitrogens with two attached hydrogens (primary N) is 2. The molecule has 2 aliphatic heterocycles. The van der Waals surface area contributed by atoms with Gasteiger partial charge in [-0.1, -0.05) is 0 Å². The van der Waals surface area contributed by atoms with Crippen LogP contribution in [0.1, 0.15) is 29.6 Å². The summed E-state index contributed by atoms with van der Waals surface area (Å²) in [5, 5.41) is 0. The van der Waals surface area contributed by atoms with Crippen molar-refractivity contribution in [2.75, 3.05) is 38.1 Å². The molecule has 2 aliphatic rings. The Morgan fingerprint density at radius 1 is 1.14 bits per heavy atom. The fraction of sp³-hybridized carbons (Fsp3) is 0.562. The van der Waals surface area contributed by atoms with Crippen LogP contribution >= 0.6 is 0 Å². The van der Waals surface area contributed by atoms with Gasteiger partial charge in [-0.3, -0.25) is 4.79 Å². The molecule has 2 heterocycles. The summed E-state index contributed by atoms with van der Waals surface area (Å²) >= 11 is 0. The lowest BCUT2D eigenvalue weighted by Crippen LogP contribution is -2.53. The molecule has 0 aromatic heterocycles. The van der Waals surface area contributed by atoms with Gasteiger partial charge in [-0.05, 0) is 57.0 Å². The number of carbonyl (C=O) groups excluding carboxylic acids is 1. The molecule has 2 atom stereocenters. The maximum absolute atomic E-state index is 12.7. The van der Waals surface area contributed by atoms with Crippen molar-refractivity contribution in [1.82, 2.24) is 9.80 Å². The molecule has 4 N–H and O–H groups in total. The monoisotopic (exact) mass is 288 g/mol. The summed E-state index contributed by atoms with van der Waals surface area (Å²) < 4.78 is 0. The molecule has 0 saturated carbocycles. The van der Waals surface area contributed by atoms with Crippen molar-refractivity contribution in [2.24, 2.45) is 5.92 Å². The highest BCUT2D eigenvalue weighted by Gasteiger charge is 2.35. The Labute approximate surface area is 125 Å². The van der Waals surface area contributed by atoms with E-state index in [0.717, 1.165) is 19.5 Å². The van der Waals surface area contributed by atoms with E-state index in [2.05, 4.69) is 11.9 Å². The summed E-state index contributed by atoms with van der Waals surface area (Å²) in [7, 11) is 2.20. The van der Waals surface area contributed by atoms with Gasteiger partial charge in [0.1, 0.15) is 0 Å². The fourth-order valence-corrected chi connectivity index (χ4v) is 3.82. The fourth-order valence-electron chi connectivity index (χ4n) is 3.82. The van der Waals surface area contributed by atoms with E-state index in [1.165, 1.54) is 19.4 Å². The minimum atomic E-state index is 0.0562. The molecule has 114 valence electrons. The van der Waals surface area contributed by atoms with Crippen LogP contribution in [0.25, 0.3) is 0 Å². The van der Waals surface area contributed by atoms with E-state index in [1.807, 2.05) is 4.90 Å². The van der Waals surface area contributed by atoms with Gasteiger partial charge in [0, 0.05) is 36.1 Å². The number of carbonyl (C=O) groups is 1. The average Bonchev–Trinajstić information content (AvgIpc) is 2.45. The van der Waals surface area contributed by atoms with Crippen LogP contribution in [0.4, 0.5) is 11.4 Å². The van der Waals surface area contributed by atoms with Gasteiger partial charge >= 0.3 is 0 Å². The summed E-state index contributed by atoms with van der Waals surface area (Å²) in [5.41, 5.74) is 13.3. The van der Waals surface area contributed by atoms with Crippen molar-refractivity contribution in [2.45, 2.75) is 25.3 Å². The lowest BCUT2D eigenvalue weighted by atomic mass is 9.84. The first-order valence-corrected chi connectivity index (χ1v) is 7.70. The van der Waals surface area contributed by atoms with Crippen molar-refractivity contribution in [3.05, 3.63) is 23.8 Å². The van der Waals surface area contributed by atoms with Crippen molar-refractivity contribution < 1.29 is 4.79 Å². The second-order valence-electron chi connectivity index (χ2n) is 6.38. The second kappa shape index (κ2) is 5.56. The number of nitrogen functional groups attached to an aromatic ring is 2. The van der Waals surface area contributed by atoms with Crippen molar-refractivity contribution >= 4 is 17.3 Å². The van der Waals surface area contributed by atoms with Crippen molar-refractivity contribution in [3.8, 4) is 0 Å². The number of fused-ring (bicyclic) bond motifs is 1. The molecule has 2 saturated heterocycles.